The lowest BCUT2D eigenvalue weighted by atomic mass is 10.2. The van der Waals surface area contributed by atoms with Gasteiger partial charge in [-0.25, -0.2) is 12.7 Å². The predicted molar refractivity (Wildman–Crippen MR) is 103 cm³/mol. The van der Waals surface area contributed by atoms with Gasteiger partial charge in [0.1, 0.15) is 0 Å². The predicted octanol–water partition coefficient (Wildman–Crippen LogP) is 0.173. The maximum Gasteiger partial charge on any atom is 0.253 e. The number of sulfonamides is 1. The Labute approximate surface area is 161 Å². The highest BCUT2D eigenvalue weighted by atomic mass is 32.2. The number of hydrogen-bond acceptors (Lipinski definition) is 5. The van der Waals surface area contributed by atoms with Crippen LogP contribution in [0.2, 0.25) is 0 Å². The van der Waals surface area contributed by atoms with Gasteiger partial charge >= 0.3 is 0 Å². The zero-order chi connectivity index (χ0) is 20.2. The molecule has 0 unspecified atom stereocenters. The topological polar surface area (TPSA) is 81.2 Å². The Morgan fingerprint density at radius 3 is 1.93 bits per heavy atom. The smallest absolute Gasteiger partial charge is 0.253 e. The Hall–Kier alpha value is -1.97. The first-order valence-electron chi connectivity index (χ1n) is 8.87. The number of hydrogen-bond donors (Lipinski definition) is 0. The lowest BCUT2D eigenvalue weighted by Gasteiger charge is -2.35. The molecule has 1 saturated heterocycles. The molecule has 8 nitrogen and oxygen atoms in total. The molecule has 150 valence electrons. The highest BCUT2D eigenvalue weighted by Gasteiger charge is 2.25. The fourth-order valence-electron chi connectivity index (χ4n) is 2.80. The molecule has 1 aromatic rings. The molecule has 0 radical (unpaired) electrons. The second-order valence-electron chi connectivity index (χ2n) is 7.04. The van der Waals surface area contributed by atoms with E-state index in [1.165, 1.54) is 38.4 Å². The average molecular weight is 397 g/mol. The fourth-order valence-corrected chi connectivity index (χ4v) is 3.70. The molecule has 2 rings (SSSR count). The lowest BCUT2D eigenvalue weighted by molar-refractivity contribution is -0.132. The summed E-state index contributed by atoms with van der Waals surface area (Å²) in [5, 5.41) is 0. The minimum Gasteiger partial charge on any atom is -0.339 e. The van der Waals surface area contributed by atoms with E-state index in [1.54, 1.807) is 9.80 Å². The molecular weight excluding hydrogens is 368 g/mol. The van der Waals surface area contributed by atoms with Crippen LogP contribution in [0.4, 0.5) is 0 Å². The van der Waals surface area contributed by atoms with Gasteiger partial charge < -0.3 is 14.7 Å². The molecule has 0 bridgehead atoms. The Morgan fingerprint density at radius 2 is 1.44 bits per heavy atom. The van der Waals surface area contributed by atoms with E-state index in [1.807, 2.05) is 19.0 Å². The molecule has 0 spiro atoms. The van der Waals surface area contributed by atoms with Crippen molar-refractivity contribution in [2.75, 3.05) is 60.9 Å². The van der Waals surface area contributed by atoms with Crippen LogP contribution >= 0.6 is 0 Å². The number of carbonyl (C=O) groups excluding carboxylic acids is 2. The first kappa shape index (κ1) is 21.3. The summed E-state index contributed by atoms with van der Waals surface area (Å²) in [6.45, 7) is 2.70. The van der Waals surface area contributed by atoms with E-state index in [-0.39, 0.29) is 16.7 Å². The summed E-state index contributed by atoms with van der Waals surface area (Å²) < 4.78 is 25.3. The molecule has 1 fully saturated rings. The zero-order valence-electron chi connectivity index (χ0n) is 16.4. The summed E-state index contributed by atoms with van der Waals surface area (Å²) >= 11 is 0. The number of rotatable bonds is 6. The van der Waals surface area contributed by atoms with Crippen LogP contribution in [-0.2, 0) is 14.8 Å². The van der Waals surface area contributed by atoms with E-state index in [9.17, 15) is 18.0 Å². The Kier molecular flexibility index (Phi) is 6.96. The normalized spacial score (nSPS) is 15.5. The number of benzene rings is 1. The van der Waals surface area contributed by atoms with E-state index in [2.05, 4.69) is 0 Å². The van der Waals surface area contributed by atoms with Gasteiger partial charge in [-0.1, -0.05) is 0 Å². The quantitative estimate of drug-likeness (QED) is 0.685. The SMILES string of the molecule is CN(C)CCC(=O)N1CCN(C(=O)c2ccc(S(=O)(=O)N(C)C)cc2)CC1. The van der Waals surface area contributed by atoms with Crippen molar-refractivity contribution in [1.82, 2.24) is 19.0 Å². The van der Waals surface area contributed by atoms with Gasteiger partial charge in [-0.3, -0.25) is 9.59 Å². The summed E-state index contributed by atoms with van der Waals surface area (Å²) in [5.74, 6) is -0.0433. The van der Waals surface area contributed by atoms with Crippen LogP contribution in [0.3, 0.4) is 0 Å². The molecule has 0 saturated carbocycles. The number of amides is 2. The van der Waals surface area contributed by atoms with Crippen LogP contribution in [0, 0.1) is 0 Å². The van der Waals surface area contributed by atoms with Crippen molar-refractivity contribution in [3.63, 3.8) is 0 Å². The molecule has 27 heavy (non-hydrogen) atoms. The fraction of sp³-hybridized carbons (Fsp3) is 0.556. The van der Waals surface area contributed by atoms with Gasteiger partial charge in [-0.15, -0.1) is 0 Å². The van der Waals surface area contributed by atoms with Crippen LogP contribution in [0.5, 0.6) is 0 Å². The summed E-state index contributed by atoms with van der Waals surface area (Å²) in [5.41, 5.74) is 0.445. The van der Waals surface area contributed by atoms with Gasteiger partial charge in [-0.05, 0) is 38.4 Å². The molecule has 1 heterocycles. The maximum absolute atomic E-state index is 12.6. The molecule has 1 aromatic carbocycles. The molecule has 1 aliphatic heterocycles. The van der Waals surface area contributed by atoms with E-state index in [4.69, 9.17) is 0 Å². The van der Waals surface area contributed by atoms with E-state index in [0.717, 1.165) is 4.31 Å². The highest BCUT2D eigenvalue weighted by Crippen LogP contribution is 2.16. The van der Waals surface area contributed by atoms with E-state index >= 15 is 0 Å². The van der Waals surface area contributed by atoms with Gasteiger partial charge in [0, 0.05) is 58.8 Å². The van der Waals surface area contributed by atoms with Gasteiger partial charge in [0.2, 0.25) is 15.9 Å². The summed E-state index contributed by atoms with van der Waals surface area (Å²) in [7, 11) is 3.28. The first-order chi connectivity index (χ1) is 12.6. The molecular formula is C18H28N4O4S. The third-order valence-corrected chi connectivity index (χ3v) is 6.40. The molecule has 0 N–H and O–H groups in total. The molecule has 0 atom stereocenters. The molecule has 0 aliphatic carbocycles. The second kappa shape index (κ2) is 8.81. The third-order valence-electron chi connectivity index (χ3n) is 4.57. The van der Waals surface area contributed by atoms with Crippen molar-refractivity contribution in [3.05, 3.63) is 29.8 Å². The molecule has 0 aromatic heterocycles. The highest BCUT2D eigenvalue weighted by molar-refractivity contribution is 7.89. The van der Waals surface area contributed by atoms with Crippen LogP contribution in [0.15, 0.2) is 29.2 Å². The van der Waals surface area contributed by atoms with Crippen LogP contribution in [-0.4, -0.2) is 100 Å². The van der Waals surface area contributed by atoms with Crippen molar-refractivity contribution in [2.24, 2.45) is 0 Å². The van der Waals surface area contributed by atoms with Crippen molar-refractivity contribution in [1.29, 1.82) is 0 Å². The number of nitrogens with zero attached hydrogens (tertiary/aromatic N) is 4. The maximum atomic E-state index is 12.6. The van der Waals surface area contributed by atoms with Gasteiger partial charge in [0.05, 0.1) is 4.90 Å². The van der Waals surface area contributed by atoms with Crippen LogP contribution in [0.1, 0.15) is 16.8 Å². The third kappa shape index (κ3) is 5.27. The van der Waals surface area contributed by atoms with Crippen molar-refractivity contribution < 1.29 is 18.0 Å². The minimum atomic E-state index is -3.51. The zero-order valence-corrected chi connectivity index (χ0v) is 17.2. The summed E-state index contributed by atoms with van der Waals surface area (Å²) in [4.78, 5) is 30.4. The second-order valence-corrected chi connectivity index (χ2v) is 9.19. The van der Waals surface area contributed by atoms with Gasteiger partial charge in [0.15, 0.2) is 0 Å². The monoisotopic (exact) mass is 396 g/mol. The Balaban J connectivity index is 1.95. The summed E-state index contributed by atoms with van der Waals surface area (Å²) in [6.07, 6.45) is 0.475. The van der Waals surface area contributed by atoms with Gasteiger partial charge in [0.25, 0.3) is 5.91 Å². The largest absolute Gasteiger partial charge is 0.339 e. The van der Waals surface area contributed by atoms with Crippen molar-refractivity contribution in [2.45, 2.75) is 11.3 Å². The average Bonchev–Trinajstić information content (AvgIpc) is 2.65. The Bertz CT molecular complexity index is 767. The Morgan fingerprint density at radius 1 is 0.926 bits per heavy atom. The number of piperazine rings is 1. The van der Waals surface area contributed by atoms with Crippen LogP contribution < -0.4 is 0 Å². The molecule has 9 heteroatoms. The van der Waals surface area contributed by atoms with Gasteiger partial charge in [-0.2, -0.15) is 0 Å². The van der Waals surface area contributed by atoms with Crippen molar-refractivity contribution >= 4 is 21.8 Å². The van der Waals surface area contributed by atoms with E-state index in [0.29, 0.717) is 44.7 Å². The number of carbonyl (C=O) groups is 2. The van der Waals surface area contributed by atoms with Crippen molar-refractivity contribution in [3.8, 4) is 0 Å². The standard InChI is InChI=1S/C18H28N4O4S/c1-19(2)10-9-17(23)21-11-13-22(14-12-21)18(24)15-5-7-16(8-6-15)27(25,26)20(3)4/h5-8H,9-14H2,1-4H3. The van der Waals surface area contributed by atoms with E-state index < -0.39 is 10.0 Å². The molecule has 2 amide bonds. The lowest BCUT2D eigenvalue weighted by Crippen LogP contribution is -2.50. The minimum absolute atomic E-state index is 0.106. The molecule has 1 aliphatic rings. The first-order valence-corrected chi connectivity index (χ1v) is 10.3. The van der Waals surface area contributed by atoms with Crippen LogP contribution in [0.25, 0.3) is 0 Å². The summed E-state index contributed by atoms with van der Waals surface area (Å²) in [6, 6.07) is 5.97.